The van der Waals surface area contributed by atoms with E-state index < -0.39 is 10.7 Å². The Morgan fingerprint density at radius 2 is 2.28 bits per heavy atom. The molecular weight excluding hydrogens is 259 g/mol. The summed E-state index contributed by atoms with van der Waals surface area (Å²) in [7, 11) is 1.31. The lowest BCUT2D eigenvalue weighted by atomic mass is 10.2. The van der Waals surface area contributed by atoms with Gasteiger partial charge in [0.2, 0.25) is 0 Å². The molecule has 0 saturated heterocycles. The highest BCUT2D eigenvalue weighted by molar-refractivity contribution is 7.98. The van der Waals surface area contributed by atoms with Crippen molar-refractivity contribution < 1.29 is 14.1 Å². The van der Waals surface area contributed by atoms with Crippen LogP contribution in [-0.2, 0) is 0 Å². The molecule has 0 heterocycles. The first kappa shape index (κ1) is 14.6. The number of ether oxygens (including phenoxy) is 1. The lowest BCUT2D eigenvalue weighted by Crippen LogP contribution is -2.18. The zero-order valence-corrected chi connectivity index (χ0v) is 11.2. The van der Waals surface area contributed by atoms with Crippen molar-refractivity contribution in [2.75, 3.05) is 24.4 Å². The Hall–Kier alpha value is -1.50. The Morgan fingerprint density at radius 3 is 2.78 bits per heavy atom. The molecule has 0 aliphatic carbocycles. The second-order valence-electron chi connectivity index (χ2n) is 3.76. The standard InChI is InChI=1S/C11H15FN2O3S/c1-7(6-18-3)13-9-5-11(17-2)10(14(15)16)4-8(9)12/h4-5,7,13H,6H2,1-3H3. The van der Waals surface area contributed by atoms with Crippen LogP contribution in [0.1, 0.15) is 6.92 Å². The van der Waals surface area contributed by atoms with E-state index in [0.29, 0.717) is 0 Å². The fourth-order valence-corrected chi connectivity index (χ4v) is 2.10. The predicted octanol–water partition coefficient (Wildman–Crippen LogP) is 2.91. The summed E-state index contributed by atoms with van der Waals surface area (Å²) in [5, 5.41) is 13.7. The highest BCUT2D eigenvalue weighted by Gasteiger charge is 2.19. The predicted molar refractivity (Wildman–Crippen MR) is 71.1 cm³/mol. The average molecular weight is 274 g/mol. The zero-order chi connectivity index (χ0) is 13.7. The van der Waals surface area contributed by atoms with Crippen LogP contribution >= 0.6 is 11.8 Å². The summed E-state index contributed by atoms with van der Waals surface area (Å²) in [6, 6.07) is 2.23. The Kier molecular flexibility index (Phi) is 5.21. The Balaban J connectivity index is 3.03. The van der Waals surface area contributed by atoms with Crippen LogP contribution in [0.3, 0.4) is 0 Å². The van der Waals surface area contributed by atoms with E-state index in [1.165, 1.54) is 13.2 Å². The number of anilines is 1. The normalized spacial score (nSPS) is 12.0. The number of hydrogen-bond acceptors (Lipinski definition) is 5. The van der Waals surface area contributed by atoms with E-state index in [4.69, 9.17) is 4.74 Å². The van der Waals surface area contributed by atoms with Crippen molar-refractivity contribution in [3.8, 4) is 5.75 Å². The Bertz CT molecular complexity index is 443. The van der Waals surface area contributed by atoms with Crippen molar-refractivity contribution in [1.29, 1.82) is 0 Å². The topological polar surface area (TPSA) is 64.4 Å². The van der Waals surface area contributed by atoms with E-state index in [1.807, 2.05) is 13.2 Å². The van der Waals surface area contributed by atoms with Gasteiger partial charge in [-0.15, -0.1) is 0 Å². The smallest absolute Gasteiger partial charge is 0.313 e. The molecule has 100 valence electrons. The van der Waals surface area contributed by atoms with Gasteiger partial charge in [-0.25, -0.2) is 4.39 Å². The monoisotopic (exact) mass is 274 g/mol. The molecule has 1 unspecified atom stereocenters. The van der Waals surface area contributed by atoms with E-state index in [-0.39, 0.29) is 23.2 Å². The maximum Gasteiger partial charge on any atom is 0.313 e. The Morgan fingerprint density at radius 1 is 1.61 bits per heavy atom. The van der Waals surface area contributed by atoms with Gasteiger partial charge in [-0.05, 0) is 13.2 Å². The van der Waals surface area contributed by atoms with Gasteiger partial charge in [0.1, 0.15) is 0 Å². The average Bonchev–Trinajstić information content (AvgIpc) is 2.31. The van der Waals surface area contributed by atoms with Crippen LogP contribution in [0.4, 0.5) is 15.8 Å². The summed E-state index contributed by atoms with van der Waals surface area (Å²) in [5.41, 5.74) is -0.169. The summed E-state index contributed by atoms with van der Waals surface area (Å²) in [4.78, 5) is 10.0. The van der Waals surface area contributed by atoms with Gasteiger partial charge < -0.3 is 10.1 Å². The van der Waals surface area contributed by atoms with Crippen LogP contribution in [0.2, 0.25) is 0 Å². The largest absolute Gasteiger partial charge is 0.490 e. The minimum Gasteiger partial charge on any atom is -0.490 e. The number of nitro benzene ring substituents is 1. The van der Waals surface area contributed by atoms with Gasteiger partial charge in [-0.2, -0.15) is 11.8 Å². The van der Waals surface area contributed by atoms with Gasteiger partial charge in [0, 0.05) is 17.9 Å². The summed E-state index contributed by atoms with van der Waals surface area (Å²) in [6.45, 7) is 1.91. The molecule has 0 aliphatic heterocycles. The molecule has 0 fully saturated rings. The van der Waals surface area contributed by atoms with Crippen LogP contribution in [0.15, 0.2) is 12.1 Å². The maximum absolute atomic E-state index is 13.7. The molecule has 5 nitrogen and oxygen atoms in total. The highest BCUT2D eigenvalue weighted by atomic mass is 32.2. The quantitative estimate of drug-likeness (QED) is 0.638. The molecule has 1 N–H and O–H groups in total. The number of methoxy groups -OCH3 is 1. The molecule has 0 bridgehead atoms. The second kappa shape index (κ2) is 6.44. The molecule has 1 aromatic carbocycles. The van der Waals surface area contributed by atoms with Crippen molar-refractivity contribution in [3.63, 3.8) is 0 Å². The molecule has 18 heavy (non-hydrogen) atoms. The molecule has 0 aromatic heterocycles. The van der Waals surface area contributed by atoms with E-state index in [1.54, 1.807) is 11.8 Å². The van der Waals surface area contributed by atoms with Gasteiger partial charge in [-0.3, -0.25) is 10.1 Å². The number of nitrogens with zero attached hydrogens (tertiary/aromatic N) is 1. The van der Waals surface area contributed by atoms with Crippen LogP contribution in [0, 0.1) is 15.9 Å². The molecule has 0 aliphatic rings. The van der Waals surface area contributed by atoms with Crippen molar-refractivity contribution in [2.45, 2.75) is 13.0 Å². The van der Waals surface area contributed by atoms with E-state index in [0.717, 1.165) is 11.8 Å². The van der Waals surface area contributed by atoms with Crippen molar-refractivity contribution in [3.05, 3.63) is 28.1 Å². The van der Waals surface area contributed by atoms with Crippen LogP contribution in [-0.4, -0.2) is 30.1 Å². The fourth-order valence-electron chi connectivity index (χ4n) is 1.52. The third-order valence-electron chi connectivity index (χ3n) is 2.28. The van der Waals surface area contributed by atoms with Gasteiger partial charge in [0.25, 0.3) is 0 Å². The molecule has 0 radical (unpaired) electrons. The van der Waals surface area contributed by atoms with Crippen molar-refractivity contribution in [1.82, 2.24) is 0 Å². The lowest BCUT2D eigenvalue weighted by molar-refractivity contribution is -0.385. The zero-order valence-electron chi connectivity index (χ0n) is 10.4. The number of benzene rings is 1. The summed E-state index contributed by atoms with van der Waals surface area (Å²) < 4.78 is 18.6. The molecule has 0 spiro atoms. The second-order valence-corrected chi connectivity index (χ2v) is 4.67. The van der Waals surface area contributed by atoms with Gasteiger partial charge in [0.15, 0.2) is 11.6 Å². The molecule has 1 rings (SSSR count). The third kappa shape index (κ3) is 3.49. The van der Waals surface area contributed by atoms with Gasteiger partial charge in [-0.1, -0.05) is 0 Å². The molecule has 1 aromatic rings. The maximum atomic E-state index is 13.7. The van der Waals surface area contributed by atoms with Crippen molar-refractivity contribution in [2.24, 2.45) is 0 Å². The van der Waals surface area contributed by atoms with Crippen LogP contribution in [0.25, 0.3) is 0 Å². The molecule has 0 amide bonds. The Labute approximate surface area is 109 Å². The lowest BCUT2D eigenvalue weighted by Gasteiger charge is -2.15. The SMILES string of the molecule is COc1cc(NC(C)CSC)c(F)cc1[N+](=O)[O-]. The first-order valence-electron chi connectivity index (χ1n) is 5.27. The van der Waals surface area contributed by atoms with E-state index in [9.17, 15) is 14.5 Å². The summed E-state index contributed by atoms with van der Waals surface area (Å²) in [6.07, 6.45) is 1.95. The highest BCUT2D eigenvalue weighted by Crippen LogP contribution is 2.32. The van der Waals surface area contributed by atoms with E-state index in [2.05, 4.69) is 5.32 Å². The number of nitro groups is 1. The first-order chi connectivity index (χ1) is 8.49. The van der Waals surface area contributed by atoms with Crippen molar-refractivity contribution >= 4 is 23.1 Å². The molecule has 7 heteroatoms. The number of nitrogens with one attached hydrogen (secondary N) is 1. The number of rotatable bonds is 6. The number of halogens is 1. The van der Waals surface area contributed by atoms with E-state index >= 15 is 0 Å². The summed E-state index contributed by atoms with van der Waals surface area (Å²) in [5.74, 6) is 0.189. The third-order valence-corrected chi connectivity index (χ3v) is 3.12. The number of hydrogen-bond donors (Lipinski definition) is 1. The minimum absolute atomic E-state index is 0.0419. The van der Waals surface area contributed by atoms with Gasteiger partial charge >= 0.3 is 5.69 Å². The fraction of sp³-hybridized carbons (Fsp3) is 0.455. The minimum atomic E-state index is -0.670. The molecule has 0 saturated carbocycles. The summed E-state index contributed by atoms with van der Waals surface area (Å²) >= 11 is 1.63. The number of thioether (sulfide) groups is 1. The first-order valence-corrected chi connectivity index (χ1v) is 6.66. The van der Waals surface area contributed by atoms with Gasteiger partial charge in [0.05, 0.1) is 23.8 Å². The molecular formula is C11H15FN2O3S. The van der Waals surface area contributed by atoms with Crippen LogP contribution < -0.4 is 10.1 Å². The van der Waals surface area contributed by atoms with Crippen LogP contribution in [0.5, 0.6) is 5.75 Å². The molecule has 1 atom stereocenters.